The van der Waals surface area contributed by atoms with Crippen LogP contribution in [0.5, 0.6) is 0 Å². The first-order chi connectivity index (χ1) is 6.90. The Morgan fingerprint density at radius 2 is 1.56 bits per heavy atom. The molecule has 16 heavy (non-hydrogen) atoms. The van der Waals surface area contributed by atoms with Crippen LogP contribution in [0.3, 0.4) is 0 Å². The van der Waals surface area contributed by atoms with E-state index in [1.807, 2.05) is 0 Å². The minimum absolute atomic E-state index is 0.195. The molecule has 0 aliphatic heterocycles. The third-order valence-corrected chi connectivity index (χ3v) is 3.33. The van der Waals surface area contributed by atoms with Gasteiger partial charge >= 0.3 is 0 Å². The zero-order chi connectivity index (χ0) is 13.2. The van der Waals surface area contributed by atoms with Gasteiger partial charge in [0.25, 0.3) is 4.52 Å². The maximum Gasteiger partial charge on any atom is 0.280 e. The lowest BCUT2D eigenvalue weighted by Crippen LogP contribution is -2.51. The molecule has 1 atom stereocenters. The molecular formula is C8H14Cl4O4. The summed E-state index contributed by atoms with van der Waals surface area (Å²) in [6.45, 7) is 3.97. The fraction of sp³-hybridized carbons (Fsp3) is 1.00. The van der Waals surface area contributed by atoms with E-state index in [1.165, 1.54) is 20.8 Å². The second kappa shape index (κ2) is 5.76. The molecule has 0 aromatic carbocycles. The van der Waals surface area contributed by atoms with Gasteiger partial charge in [-0.05, 0) is 20.8 Å². The van der Waals surface area contributed by atoms with E-state index in [1.54, 1.807) is 0 Å². The highest BCUT2D eigenvalue weighted by molar-refractivity contribution is 6.51. The van der Waals surface area contributed by atoms with Gasteiger partial charge in [-0.15, -0.1) is 23.2 Å². The standard InChI is InChI=1S/C8H14Cl4O4/c1-6(2,13)4-15-16-8(11,12)7(3,14)5(9)10/h5,13-14H,4H2,1-3H3. The largest absolute Gasteiger partial charge is 0.388 e. The van der Waals surface area contributed by atoms with E-state index in [-0.39, 0.29) is 6.61 Å². The number of aliphatic hydroxyl groups is 2. The molecule has 2 N–H and O–H groups in total. The van der Waals surface area contributed by atoms with Gasteiger partial charge in [0.2, 0.25) is 0 Å². The maximum atomic E-state index is 9.75. The molecule has 0 amide bonds. The van der Waals surface area contributed by atoms with Crippen molar-refractivity contribution in [3.05, 3.63) is 0 Å². The first-order valence-corrected chi connectivity index (χ1v) is 5.94. The van der Waals surface area contributed by atoms with E-state index in [0.29, 0.717) is 0 Å². The van der Waals surface area contributed by atoms with Crippen LogP contribution in [0.2, 0.25) is 0 Å². The smallest absolute Gasteiger partial charge is 0.280 e. The maximum absolute atomic E-state index is 9.75. The Morgan fingerprint density at radius 3 is 1.88 bits per heavy atom. The molecule has 0 radical (unpaired) electrons. The van der Waals surface area contributed by atoms with Crippen LogP contribution in [0.15, 0.2) is 0 Å². The lowest BCUT2D eigenvalue weighted by atomic mass is 10.1. The fourth-order valence-corrected chi connectivity index (χ4v) is 1.30. The Balaban J connectivity index is 4.36. The molecule has 0 aromatic rings. The van der Waals surface area contributed by atoms with Gasteiger partial charge in [-0.25, -0.2) is 4.89 Å². The van der Waals surface area contributed by atoms with Gasteiger partial charge in [0, 0.05) is 0 Å². The highest BCUT2D eigenvalue weighted by Crippen LogP contribution is 2.41. The van der Waals surface area contributed by atoms with E-state index in [4.69, 9.17) is 46.4 Å². The predicted octanol–water partition coefficient (Wildman–Crippen LogP) is 2.39. The number of rotatable bonds is 6. The fourth-order valence-electron chi connectivity index (χ4n) is 0.459. The Morgan fingerprint density at radius 1 is 1.12 bits per heavy atom. The van der Waals surface area contributed by atoms with Crippen LogP contribution in [0.1, 0.15) is 20.8 Å². The van der Waals surface area contributed by atoms with Crippen LogP contribution in [-0.2, 0) is 9.78 Å². The third-order valence-electron chi connectivity index (χ3n) is 1.59. The van der Waals surface area contributed by atoms with E-state index in [9.17, 15) is 10.2 Å². The lowest BCUT2D eigenvalue weighted by molar-refractivity contribution is -0.355. The van der Waals surface area contributed by atoms with Crippen LogP contribution in [0.25, 0.3) is 0 Å². The molecule has 0 aromatic heterocycles. The van der Waals surface area contributed by atoms with Crippen molar-refractivity contribution in [1.29, 1.82) is 0 Å². The first-order valence-electron chi connectivity index (χ1n) is 4.31. The number of halogens is 4. The Kier molecular flexibility index (Phi) is 6.12. The van der Waals surface area contributed by atoms with E-state index in [0.717, 1.165) is 0 Å². The van der Waals surface area contributed by atoms with Gasteiger partial charge in [0.1, 0.15) is 11.4 Å². The van der Waals surface area contributed by atoms with Gasteiger partial charge in [-0.2, -0.15) is 4.89 Å². The van der Waals surface area contributed by atoms with E-state index >= 15 is 0 Å². The molecule has 98 valence electrons. The van der Waals surface area contributed by atoms with Crippen molar-refractivity contribution < 1.29 is 20.0 Å². The van der Waals surface area contributed by atoms with Crippen LogP contribution in [0, 0.1) is 0 Å². The highest BCUT2D eigenvalue weighted by atomic mass is 35.5. The molecule has 1 unspecified atom stereocenters. The van der Waals surface area contributed by atoms with Crippen molar-refractivity contribution in [2.75, 3.05) is 6.61 Å². The predicted molar refractivity (Wildman–Crippen MR) is 63.9 cm³/mol. The average molecular weight is 316 g/mol. The molecule has 4 nitrogen and oxygen atoms in total. The first kappa shape index (κ1) is 17.0. The minimum Gasteiger partial charge on any atom is -0.388 e. The summed E-state index contributed by atoms with van der Waals surface area (Å²) in [6.07, 6.45) is 0. The Bertz CT molecular complexity index is 225. The molecule has 0 rings (SSSR count). The normalized spacial score (nSPS) is 17.6. The van der Waals surface area contributed by atoms with Crippen LogP contribution < -0.4 is 0 Å². The van der Waals surface area contributed by atoms with Crippen LogP contribution >= 0.6 is 46.4 Å². The summed E-state index contributed by atoms with van der Waals surface area (Å²) < 4.78 is -2.16. The topological polar surface area (TPSA) is 58.9 Å². The van der Waals surface area contributed by atoms with E-state index < -0.39 is 20.6 Å². The monoisotopic (exact) mass is 314 g/mol. The summed E-state index contributed by atoms with van der Waals surface area (Å²) in [6, 6.07) is 0. The van der Waals surface area contributed by atoms with Crippen molar-refractivity contribution in [1.82, 2.24) is 0 Å². The van der Waals surface area contributed by atoms with Crippen molar-refractivity contribution >= 4 is 46.4 Å². The van der Waals surface area contributed by atoms with Crippen molar-refractivity contribution in [2.45, 2.75) is 41.3 Å². The number of hydrogen-bond acceptors (Lipinski definition) is 4. The zero-order valence-electron chi connectivity index (χ0n) is 9.01. The molecule has 8 heteroatoms. The summed E-state index contributed by atoms with van der Waals surface area (Å²) >= 11 is 22.3. The second-order valence-electron chi connectivity index (χ2n) is 4.12. The van der Waals surface area contributed by atoms with Crippen LogP contribution in [0.4, 0.5) is 0 Å². The zero-order valence-corrected chi connectivity index (χ0v) is 12.0. The summed E-state index contributed by atoms with van der Waals surface area (Å²) in [5.41, 5.74) is -3.07. The van der Waals surface area contributed by atoms with Crippen molar-refractivity contribution in [3.8, 4) is 0 Å². The minimum atomic E-state index is -2.16. The summed E-state index contributed by atoms with van der Waals surface area (Å²) in [5.74, 6) is 0. The summed E-state index contributed by atoms with van der Waals surface area (Å²) in [7, 11) is 0. The summed E-state index contributed by atoms with van der Waals surface area (Å²) in [5, 5.41) is 19.1. The van der Waals surface area contributed by atoms with Crippen molar-refractivity contribution in [3.63, 3.8) is 0 Å². The molecule has 0 fully saturated rings. The molecule has 0 aliphatic carbocycles. The molecular weight excluding hydrogens is 302 g/mol. The third kappa shape index (κ3) is 5.10. The summed E-state index contributed by atoms with van der Waals surface area (Å²) in [4.78, 5) is 7.91. The highest BCUT2D eigenvalue weighted by Gasteiger charge is 2.52. The average Bonchev–Trinajstić information content (AvgIpc) is 2.00. The molecule has 0 aliphatic rings. The van der Waals surface area contributed by atoms with Gasteiger partial charge < -0.3 is 10.2 Å². The van der Waals surface area contributed by atoms with Gasteiger partial charge in [-0.1, -0.05) is 23.2 Å². The Hall–Kier alpha value is 1.00. The van der Waals surface area contributed by atoms with Gasteiger partial charge in [-0.3, -0.25) is 0 Å². The molecule has 0 spiro atoms. The van der Waals surface area contributed by atoms with Crippen LogP contribution in [-0.4, -0.2) is 37.4 Å². The molecule has 0 saturated heterocycles. The molecule has 0 heterocycles. The van der Waals surface area contributed by atoms with E-state index in [2.05, 4.69) is 9.78 Å². The quantitative estimate of drug-likeness (QED) is 0.449. The Labute approximate surface area is 114 Å². The molecule has 0 saturated carbocycles. The van der Waals surface area contributed by atoms with Gasteiger partial charge in [0.15, 0.2) is 5.60 Å². The van der Waals surface area contributed by atoms with Crippen molar-refractivity contribution in [2.24, 2.45) is 0 Å². The lowest BCUT2D eigenvalue weighted by Gasteiger charge is -2.35. The molecule has 0 bridgehead atoms. The van der Waals surface area contributed by atoms with Gasteiger partial charge in [0.05, 0.1) is 5.60 Å². The number of alkyl halides is 4. The SMILES string of the molecule is CC(C)(O)COOC(Cl)(Cl)C(C)(O)C(Cl)Cl. The second-order valence-corrected chi connectivity index (χ2v) is 6.48. The number of hydrogen-bond donors (Lipinski definition) is 2.